The molecule has 1 aromatic rings. The summed E-state index contributed by atoms with van der Waals surface area (Å²) in [6.45, 7) is 9.38. The van der Waals surface area contributed by atoms with Crippen LogP contribution in [0.4, 0.5) is 0 Å². The molecule has 3 aliphatic heterocycles. The van der Waals surface area contributed by atoms with Crippen molar-refractivity contribution >= 4 is 39.6 Å². The van der Waals surface area contributed by atoms with Gasteiger partial charge >= 0.3 is 5.97 Å². The Morgan fingerprint density at radius 3 is 2.55 bits per heavy atom. The lowest BCUT2D eigenvalue weighted by atomic mass is 9.70. The fourth-order valence-corrected chi connectivity index (χ4v) is 9.15. The number of amides is 3. The van der Waals surface area contributed by atoms with Crippen LogP contribution in [0.3, 0.4) is 0 Å². The van der Waals surface area contributed by atoms with Gasteiger partial charge in [0.05, 0.1) is 36.6 Å². The van der Waals surface area contributed by atoms with Crippen LogP contribution in [0.5, 0.6) is 0 Å². The normalized spacial score (nSPS) is 29.6. The summed E-state index contributed by atoms with van der Waals surface area (Å²) in [5.74, 6) is -3.19. The highest BCUT2D eigenvalue weighted by molar-refractivity contribution is 9.09. The average Bonchev–Trinajstić information content (AvgIpc) is 3.69. The number of alkyl halides is 1. The van der Waals surface area contributed by atoms with Crippen molar-refractivity contribution in [3.05, 3.63) is 61.2 Å². The Morgan fingerprint density at radius 1 is 1.19 bits per heavy atom. The molecule has 256 valence electrons. The van der Waals surface area contributed by atoms with E-state index < -0.39 is 53.5 Å². The maximum Gasteiger partial charge on any atom is 0.306 e. The molecule has 1 aliphatic carbocycles. The zero-order chi connectivity index (χ0) is 33.7. The van der Waals surface area contributed by atoms with E-state index in [9.17, 15) is 24.3 Å². The third kappa shape index (κ3) is 6.81. The second kappa shape index (κ2) is 15.5. The summed E-state index contributed by atoms with van der Waals surface area (Å²) in [4.78, 5) is 59.2. The summed E-state index contributed by atoms with van der Waals surface area (Å²) < 4.78 is 12.3. The molecule has 3 heterocycles. The summed E-state index contributed by atoms with van der Waals surface area (Å²) in [7, 11) is 0. The second-order valence-electron chi connectivity index (χ2n) is 13.2. The zero-order valence-electron chi connectivity index (χ0n) is 27.2. The maximum atomic E-state index is 14.8. The number of hydrogen-bond donors (Lipinski definition) is 2. The molecule has 4 aliphatic rings. The Labute approximate surface area is 286 Å². The van der Waals surface area contributed by atoms with Crippen LogP contribution in [0.2, 0.25) is 0 Å². The number of likely N-dealkylation sites (tertiary alicyclic amines) is 1. The number of halogens is 1. The van der Waals surface area contributed by atoms with E-state index in [1.165, 1.54) is 4.90 Å². The quantitative estimate of drug-likeness (QED) is 0.158. The first kappa shape index (κ1) is 35.3. The van der Waals surface area contributed by atoms with E-state index in [1.54, 1.807) is 12.2 Å². The van der Waals surface area contributed by atoms with Crippen molar-refractivity contribution in [2.45, 2.75) is 105 Å². The fraction of sp³-hybridized carbons (Fsp3) is 0.611. The molecule has 5 rings (SSSR count). The van der Waals surface area contributed by atoms with Gasteiger partial charge in [-0.3, -0.25) is 19.2 Å². The van der Waals surface area contributed by atoms with Crippen LogP contribution >= 0.6 is 15.9 Å². The molecule has 1 aromatic carbocycles. The van der Waals surface area contributed by atoms with Crippen molar-refractivity contribution in [1.82, 2.24) is 15.1 Å². The minimum absolute atomic E-state index is 0.0224. The van der Waals surface area contributed by atoms with E-state index >= 15 is 0 Å². The molecule has 2 bridgehead atoms. The lowest BCUT2D eigenvalue weighted by Gasteiger charge is -2.42. The smallest absolute Gasteiger partial charge is 0.306 e. The molecule has 47 heavy (non-hydrogen) atoms. The van der Waals surface area contributed by atoms with Crippen molar-refractivity contribution in [2.24, 2.45) is 11.8 Å². The third-order valence-corrected chi connectivity index (χ3v) is 11.3. The van der Waals surface area contributed by atoms with E-state index in [0.29, 0.717) is 25.8 Å². The van der Waals surface area contributed by atoms with Gasteiger partial charge in [0.25, 0.3) is 0 Å². The third-order valence-electron chi connectivity index (χ3n) is 10.4. The molecule has 8 atom stereocenters. The number of carbonyl (C=O) groups excluding carboxylic acids is 4. The van der Waals surface area contributed by atoms with Crippen LogP contribution < -0.4 is 5.32 Å². The number of fused-ring (bicyclic) bond motifs is 1. The predicted octanol–water partition coefficient (Wildman–Crippen LogP) is 4.22. The van der Waals surface area contributed by atoms with E-state index in [0.717, 1.165) is 37.7 Å². The molecule has 1 saturated carbocycles. The minimum Gasteiger partial charge on any atom is -0.463 e. The highest BCUT2D eigenvalue weighted by atomic mass is 79.9. The number of aliphatic hydroxyl groups is 1. The number of carbonyl (C=O) groups is 4. The lowest BCUT2D eigenvalue weighted by molar-refractivity contribution is -0.153. The number of nitrogens with one attached hydrogen (secondary N) is 1. The Morgan fingerprint density at radius 2 is 1.91 bits per heavy atom. The summed E-state index contributed by atoms with van der Waals surface area (Å²) in [6.07, 6.45) is 9.12. The van der Waals surface area contributed by atoms with Gasteiger partial charge in [-0.25, -0.2) is 0 Å². The highest BCUT2D eigenvalue weighted by Gasteiger charge is 2.77. The van der Waals surface area contributed by atoms with Crippen LogP contribution in [0.25, 0.3) is 0 Å². The molecule has 1 unspecified atom stereocenters. The monoisotopic (exact) mass is 713 g/mol. The van der Waals surface area contributed by atoms with Crippen LogP contribution in [0, 0.1) is 11.8 Å². The van der Waals surface area contributed by atoms with Crippen molar-refractivity contribution in [3.8, 4) is 0 Å². The number of esters is 1. The zero-order valence-corrected chi connectivity index (χ0v) is 28.8. The van der Waals surface area contributed by atoms with Gasteiger partial charge in [0.1, 0.15) is 18.2 Å². The first-order valence-corrected chi connectivity index (χ1v) is 17.9. The van der Waals surface area contributed by atoms with E-state index in [-0.39, 0.29) is 42.3 Å². The molecule has 2 N–H and O–H groups in total. The van der Waals surface area contributed by atoms with E-state index in [1.807, 2.05) is 42.2 Å². The number of allylic oxidation sites excluding steroid dienone is 1. The van der Waals surface area contributed by atoms with Crippen molar-refractivity contribution in [3.63, 3.8) is 0 Å². The number of benzene rings is 1. The Balaban J connectivity index is 1.48. The van der Waals surface area contributed by atoms with Crippen LogP contribution in [-0.4, -0.2) is 93.0 Å². The van der Waals surface area contributed by atoms with Gasteiger partial charge in [-0.15, -0.1) is 13.2 Å². The van der Waals surface area contributed by atoms with E-state index in [4.69, 9.17) is 9.47 Å². The van der Waals surface area contributed by atoms with Gasteiger partial charge in [-0.1, -0.05) is 84.6 Å². The molecule has 3 saturated heterocycles. The number of aliphatic hydroxyl groups excluding tert-OH is 1. The standard InChI is InChI=1S/C36H48BrN3O7/c1-4-7-18-28(42)46-22-27(23-14-10-8-11-15-23)38-33(43)29-30-34(44)40(24(6-3)21-41)32(36(30)20-26(37)31(29)47-36)35(45)39(19-5-2)25-16-12-9-13-17-25/h4-5,8,10-11,14-15,24-27,29-32,41H,1-2,6-7,9,12-13,16-22H2,3H3,(H,38,43)/t24-,26?,27+,29+,30-,31+,32+,36-/m0/s1. The molecule has 3 amide bonds. The summed E-state index contributed by atoms with van der Waals surface area (Å²) >= 11 is 3.75. The maximum absolute atomic E-state index is 14.8. The number of hydrogen-bond acceptors (Lipinski definition) is 7. The summed E-state index contributed by atoms with van der Waals surface area (Å²) in [5, 5.41) is 13.5. The molecule has 0 aromatic heterocycles. The second-order valence-corrected chi connectivity index (χ2v) is 14.4. The summed E-state index contributed by atoms with van der Waals surface area (Å²) in [5.41, 5.74) is -0.497. The van der Waals surface area contributed by atoms with Crippen LogP contribution in [-0.2, 0) is 28.7 Å². The van der Waals surface area contributed by atoms with Crippen LogP contribution in [0.1, 0.15) is 76.3 Å². The SMILES string of the molecule is C=CCCC(=O)OC[C@@H](NC(=O)[C@H]1[C@@H]2O[C@@]3(CC2Br)[C@@H]1C(=O)N([C@@H](CC)CO)[C@@H]3C(=O)N(CC=C)C1CCCCC1)c1ccccc1. The Hall–Kier alpha value is -3.02. The van der Waals surface area contributed by atoms with Gasteiger partial charge in [0, 0.05) is 23.8 Å². The molecule has 0 radical (unpaired) electrons. The first-order chi connectivity index (χ1) is 22.7. The fourth-order valence-electron chi connectivity index (χ4n) is 8.20. The van der Waals surface area contributed by atoms with Gasteiger partial charge in [0.15, 0.2) is 0 Å². The van der Waals surface area contributed by atoms with Crippen molar-refractivity contribution < 1.29 is 33.8 Å². The van der Waals surface area contributed by atoms with Gasteiger partial charge in [0.2, 0.25) is 17.7 Å². The largest absolute Gasteiger partial charge is 0.463 e. The average molecular weight is 715 g/mol. The number of rotatable bonds is 15. The lowest BCUT2D eigenvalue weighted by Crippen LogP contribution is -2.60. The summed E-state index contributed by atoms with van der Waals surface area (Å²) in [6, 6.07) is 6.99. The minimum atomic E-state index is -1.24. The Kier molecular flexibility index (Phi) is 11.6. The van der Waals surface area contributed by atoms with Crippen LogP contribution in [0.15, 0.2) is 55.6 Å². The predicted molar refractivity (Wildman–Crippen MR) is 180 cm³/mol. The Bertz CT molecular complexity index is 1320. The molecule has 10 nitrogen and oxygen atoms in total. The molecule has 1 spiro atoms. The van der Waals surface area contributed by atoms with Crippen molar-refractivity contribution in [2.75, 3.05) is 19.8 Å². The molecule has 11 heteroatoms. The molecular formula is C36H48BrN3O7. The molecular weight excluding hydrogens is 666 g/mol. The first-order valence-electron chi connectivity index (χ1n) is 17.0. The number of nitrogens with zero attached hydrogens (tertiary/aromatic N) is 2. The van der Waals surface area contributed by atoms with Gasteiger partial charge in [-0.2, -0.15) is 0 Å². The van der Waals surface area contributed by atoms with Gasteiger partial charge in [-0.05, 0) is 37.7 Å². The molecule has 4 fully saturated rings. The topological polar surface area (TPSA) is 125 Å². The van der Waals surface area contributed by atoms with E-state index in [2.05, 4.69) is 34.4 Å². The highest BCUT2D eigenvalue weighted by Crippen LogP contribution is 2.60. The van der Waals surface area contributed by atoms with Gasteiger partial charge < -0.3 is 29.7 Å². The number of ether oxygens (including phenoxy) is 2. The van der Waals surface area contributed by atoms with Crippen molar-refractivity contribution in [1.29, 1.82) is 0 Å².